The van der Waals surface area contributed by atoms with Gasteiger partial charge in [0, 0.05) is 24.6 Å². The number of carbonyl (C=O) groups is 1. The Balaban J connectivity index is 1.56. The van der Waals surface area contributed by atoms with Crippen molar-refractivity contribution in [2.24, 2.45) is 0 Å². The normalized spacial score (nSPS) is 29.3. The Kier molecular flexibility index (Phi) is 2.84. The Morgan fingerprint density at radius 1 is 1.43 bits per heavy atom. The van der Waals surface area contributed by atoms with Crippen molar-refractivity contribution in [3.63, 3.8) is 0 Å². The summed E-state index contributed by atoms with van der Waals surface area (Å²) in [6.45, 7) is 3.69. The molecule has 4 heterocycles. The number of urea groups is 1. The Morgan fingerprint density at radius 2 is 2.35 bits per heavy atom. The van der Waals surface area contributed by atoms with Crippen LogP contribution in [-0.4, -0.2) is 42.3 Å². The molecule has 3 aliphatic heterocycles. The van der Waals surface area contributed by atoms with Gasteiger partial charge in [0.2, 0.25) is 0 Å². The van der Waals surface area contributed by atoms with E-state index >= 15 is 0 Å². The summed E-state index contributed by atoms with van der Waals surface area (Å²) in [5.41, 5.74) is 2.17. The molecule has 2 amide bonds. The van der Waals surface area contributed by atoms with Crippen LogP contribution in [0.4, 0.5) is 9.93 Å². The summed E-state index contributed by atoms with van der Waals surface area (Å²) < 4.78 is 6.74. The van der Waals surface area contributed by atoms with Gasteiger partial charge in [-0.3, -0.25) is 4.90 Å². The molecule has 3 aliphatic rings. The maximum atomic E-state index is 12.5. The van der Waals surface area contributed by atoms with Crippen LogP contribution in [0.2, 0.25) is 0 Å². The maximum Gasteiger partial charge on any atom is 0.324 e. The minimum absolute atomic E-state index is 0.0251. The summed E-state index contributed by atoms with van der Waals surface area (Å²) in [6, 6.07) is 4.83. The monoisotopic (exact) mass is 330 g/mol. The third-order valence-corrected chi connectivity index (χ3v) is 6.05. The lowest BCUT2D eigenvalue weighted by molar-refractivity contribution is 0.250. The summed E-state index contributed by atoms with van der Waals surface area (Å²) in [4.78, 5) is 19.1. The van der Waals surface area contributed by atoms with Gasteiger partial charge >= 0.3 is 6.03 Å². The van der Waals surface area contributed by atoms with Crippen LogP contribution in [0.15, 0.2) is 12.1 Å². The van der Waals surface area contributed by atoms with Gasteiger partial charge in [0.05, 0.1) is 28.9 Å². The van der Waals surface area contributed by atoms with Gasteiger partial charge in [-0.15, -0.1) is 0 Å². The maximum absolute atomic E-state index is 12.5. The molecule has 0 bridgehead atoms. The van der Waals surface area contributed by atoms with E-state index in [-0.39, 0.29) is 18.1 Å². The van der Waals surface area contributed by atoms with Crippen molar-refractivity contribution >= 4 is 32.7 Å². The fraction of sp³-hybridized carbons (Fsp3) is 0.500. The van der Waals surface area contributed by atoms with Gasteiger partial charge in [-0.1, -0.05) is 11.3 Å². The number of hydrogen-bond acceptors (Lipinski definition) is 5. The molecule has 1 aromatic carbocycles. The number of benzene rings is 1. The third-order valence-electron chi connectivity index (χ3n) is 5.03. The van der Waals surface area contributed by atoms with Crippen molar-refractivity contribution in [2.75, 3.05) is 18.1 Å². The number of anilines is 1. The SMILES string of the molecule is C[C@H]1C[C@H]2NC(=O)N(c3nc4c5c(ccc4s3)OCC5)[C@H]2CN1. The molecule has 5 rings (SSSR count). The smallest absolute Gasteiger partial charge is 0.324 e. The van der Waals surface area contributed by atoms with Gasteiger partial charge in [0.25, 0.3) is 0 Å². The quantitative estimate of drug-likeness (QED) is 0.838. The topological polar surface area (TPSA) is 66.5 Å². The minimum atomic E-state index is -0.0251. The van der Waals surface area contributed by atoms with Crippen LogP contribution in [-0.2, 0) is 6.42 Å². The van der Waals surface area contributed by atoms with E-state index in [0.717, 1.165) is 47.1 Å². The molecule has 1 aromatic heterocycles. The lowest BCUT2D eigenvalue weighted by Gasteiger charge is -2.32. The summed E-state index contributed by atoms with van der Waals surface area (Å²) in [6.07, 6.45) is 1.86. The molecule has 2 saturated heterocycles. The molecule has 2 aromatic rings. The van der Waals surface area contributed by atoms with Crippen LogP contribution in [0.1, 0.15) is 18.9 Å². The average molecular weight is 330 g/mol. The molecule has 0 saturated carbocycles. The van der Waals surface area contributed by atoms with Crippen LogP contribution >= 0.6 is 11.3 Å². The van der Waals surface area contributed by atoms with Crippen LogP contribution in [0.5, 0.6) is 5.75 Å². The molecule has 2 N–H and O–H groups in total. The lowest BCUT2D eigenvalue weighted by Crippen LogP contribution is -2.53. The predicted molar refractivity (Wildman–Crippen MR) is 89.5 cm³/mol. The minimum Gasteiger partial charge on any atom is -0.493 e. The number of nitrogens with one attached hydrogen (secondary N) is 2. The molecule has 2 fully saturated rings. The Morgan fingerprint density at radius 3 is 3.26 bits per heavy atom. The fourth-order valence-corrected chi connectivity index (χ4v) is 4.93. The molecule has 23 heavy (non-hydrogen) atoms. The van der Waals surface area contributed by atoms with Gasteiger partial charge in [0.15, 0.2) is 5.13 Å². The Bertz CT molecular complexity index is 805. The molecule has 6 nitrogen and oxygen atoms in total. The standard InChI is InChI=1S/C16H18N4O2S/c1-8-6-10-11(7-17-8)20(15(21)18-10)16-19-14-9-4-5-22-12(9)2-3-13(14)23-16/h2-3,8,10-11,17H,4-7H2,1H3,(H,18,21)/t8-,10+,11-/m0/s1. The molecular weight excluding hydrogens is 312 g/mol. The first-order chi connectivity index (χ1) is 11.2. The van der Waals surface area contributed by atoms with E-state index < -0.39 is 0 Å². The van der Waals surface area contributed by atoms with Crippen LogP contribution in [0, 0.1) is 0 Å². The number of hydrogen-bond donors (Lipinski definition) is 2. The van der Waals surface area contributed by atoms with Gasteiger partial charge in [-0.25, -0.2) is 9.78 Å². The van der Waals surface area contributed by atoms with Crippen molar-refractivity contribution in [1.29, 1.82) is 0 Å². The van der Waals surface area contributed by atoms with Gasteiger partial charge in [-0.05, 0) is 25.5 Å². The summed E-state index contributed by atoms with van der Waals surface area (Å²) in [5.74, 6) is 0.936. The number of aromatic nitrogens is 1. The van der Waals surface area contributed by atoms with E-state index in [9.17, 15) is 4.79 Å². The molecule has 3 atom stereocenters. The second-order valence-electron chi connectivity index (χ2n) is 6.52. The number of ether oxygens (including phenoxy) is 1. The summed E-state index contributed by atoms with van der Waals surface area (Å²) >= 11 is 1.59. The number of carbonyl (C=O) groups excluding carboxylic acids is 1. The highest BCUT2D eigenvalue weighted by molar-refractivity contribution is 7.22. The highest BCUT2D eigenvalue weighted by Crippen LogP contribution is 2.39. The molecule has 120 valence electrons. The molecule has 0 spiro atoms. The number of thiazole rings is 1. The van der Waals surface area contributed by atoms with Crippen molar-refractivity contribution in [2.45, 2.75) is 37.9 Å². The third kappa shape index (κ3) is 1.96. The molecular formula is C16H18N4O2S. The fourth-order valence-electron chi connectivity index (χ4n) is 3.88. The second kappa shape index (κ2) is 4.82. The van der Waals surface area contributed by atoms with E-state index in [1.807, 2.05) is 17.0 Å². The number of fused-ring (bicyclic) bond motifs is 4. The first-order valence-electron chi connectivity index (χ1n) is 8.09. The number of amides is 2. The van der Waals surface area contributed by atoms with E-state index in [1.165, 1.54) is 5.56 Å². The van der Waals surface area contributed by atoms with Gasteiger partial charge in [0.1, 0.15) is 5.75 Å². The summed E-state index contributed by atoms with van der Waals surface area (Å²) in [7, 11) is 0. The molecule has 7 heteroatoms. The zero-order valence-corrected chi connectivity index (χ0v) is 13.7. The average Bonchev–Trinajstić information content (AvgIpc) is 3.20. The van der Waals surface area contributed by atoms with Crippen molar-refractivity contribution in [3.05, 3.63) is 17.7 Å². The second-order valence-corrected chi connectivity index (χ2v) is 7.53. The molecule has 0 radical (unpaired) electrons. The Hall–Kier alpha value is -1.86. The van der Waals surface area contributed by atoms with Gasteiger partial charge in [-0.2, -0.15) is 0 Å². The zero-order chi connectivity index (χ0) is 15.6. The first-order valence-corrected chi connectivity index (χ1v) is 8.90. The highest BCUT2D eigenvalue weighted by atomic mass is 32.1. The van der Waals surface area contributed by atoms with Crippen molar-refractivity contribution in [3.8, 4) is 5.75 Å². The highest BCUT2D eigenvalue weighted by Gasteiger charge is 2.44. The molecule has 0 unspecified atom stereocenters. The van der Waals surface area contributed by atoms with Crippen molar-refractivity contribution in [1.82, 2.24) is 15.6 Å². The van der Waals surface area contributed by atoms with Crippen LogP contribution in [0.25, 0.3) is 10.2 Å². The van der Waals surface area contributed by atoms with E-state index in [0.29, 0.717) is 6.04 Å². The summed E-state index contributed by atoms with van der Waals surface area (Å²) in [5, 5.41) is 7.39. The lowest BCUT2D eigenvalue weighted by atomic mass is 9.97. The van der Waals surface area contributed by atoms with E-state index in [1.54, 1.807) is 11.3 Å². The largest absolute Gasteiger partial charge is 0.493 e. The number of rotatable bonds is 1. The van der Waals surface area contributed by atoms with Crippen molar-refractivity contribution < 1.29 is 9.53 Å². The van der Waals surface area contributed by atoms with E-state index in [2.05, 4.69) is 17.6 Å². The number of piperidine rings is 1. The predicted octanol–water partition coefficient (Wildman–Crippen LogP) is 1.88. The van der Waals surface area contributed by atoms with E-state index in [4.69, 9.17) is 9.72 Å². The molecule has 0 aliphatic carbocycles. The first kappa shape index (κ1) is 13.6. The van der Waals surface area contributed by atoms with Crippen LogP contribution < -0.4 is 20.3 Å². The van der Waals surface area contributed by atoms with Crippen LogP contribution in [0.3, 0.4) is 0 Å². The zero-order valence-electron chi connectivity index (χ0n) is 12.8. The Labute approximate surface area is 137 Å². The van der Waals surface area contributed by atoms with Gasteiger partial charge < -0.3 is 15.4 Å². The number of nitrogens with zero attached hydrogens (tertiary/aromatic N) is 2.